The van der Waals surface area contributed by atoms with Gasteiger partial charge in [-0.2, -0.15) is 0 Å². The number of halogens is 1. The Morgan fingerprint density at radius 3 is 2.75 bits per heavy atom. The molecule has 4 nitrogen and oxygen atoms in total. The molecule has 0 saturated carbocycles. The molecular weight excluding hydrogens is 226 g/mol. The lowest BCUT2D eigenvalue weighted by molar-refractivity contribution is -0.115. The van der Waals surface area contributed by atoms with Crippen LogP contribution in [0.5, 0.6) is 0 Å². The molecule has 16 heavy (non-hydrogen) atoms. The Labute approximate surface area is 100 Å². The van der Waals surface area contributed by atoms with E-state index in [1.807, 2.05) is 6.07 Å². The molecule has 1 heterocycles. The zero-order chi connectivity index (χ0) is 12.2. The van der Waals surface area contributed by atoms with Crippen LogP contribution in [0.3, 0.4) is 0 Å². The minimum Gasteiger partial charge on any atom is -0.294 e. The lowest BCUT2D eigenvalue weighted by Gasteiger charge is -2.17. The molecule has 0 aliphatic rings. The van der Waals surface area contributed by atoms with Crippen LogP contribution >= 0.6 is 11.6 Å². The van der Waals surface area contributed by atoms with Crippen LogP contribution < -0.4 is 5.32 Å². The Hall–Kier alpha value is -1.16. The number of aromatic nitrogens is 2. The summed E-state index contributed by atoms with van der Waals surface area (Å²) in [6, 6.07) is 1.84. The van der Waals surface area contributed by atoms with Crippen molar-refractivity contribution >= 4 is 23.5 Å². The number of amides is 1. The van der Waals surface area contributed by atoms with Gasteiger partial charge in [0.25, 0.3) is 0 Å². The number of nitrogens with one attached hydrogen (secondary N) is 1. The van der Waals surface area contributed by atoms with E-state index in [0.717, 1.165) is 5.69 Å². The number of carbonyl (C=O) groups excluding carboxylic acids is 1. The second-order valence-electron chi connectivity index (χ2n) is 4.50. The summed E-state index contributed by atoms with van der Waals surface area (Å²) in [4.78, 5) is 19.6. The van der Waals surface area contributed by atoms with Crippen molar-refractivity contribution in [1.29, 1.82) is 0 Å². The fourth-order valence-electron chi connectivity index (χ4n) is 1.11. The van der Waals surface area contributed by atoms with E-state index in [-0.39, 0.29) is 17.7 Å². The van der Waals surface area contributed by atoms with Crippen LogP contribution in [-0.2, 0) is 10.2 Å². The van der Waals surface area contributed by atoms with Crippen molar-refractivity contribution in [3.8, 4) is 0 Å². The zero-order valence-electron chi connectivity index (χ0n) is 9.75. The molecule has 0 unspecified atom stereocenters. The maximum atomic E-state index is 11.3. The first kappa shape index (κ1) is 12.9. The highest BCUT2D eigenvalue weighted by atomic mass is 35.5. The summed E-state index contributed by atoms with van der Waals surface area (Å²) in [5.74, 6) is 0.466. The van der Waals surface area contributed by atoms with Crippen molar-refractivity contribution in [2.24, 2.45) is 0 Å². The van der Waals surface area contributed by atoms with Crippen LogP contribution in [0.1, 0.15) is 32.9 Å². The smallest absolute Gasteiger partial charge is 0.229 e. The van der Waals surface area contributed by atoms with Crippen molar-refractivity contribution < 1.29 is 4.79 Å². The molecule has 0 atom stereocenters. The average molecular weight is 242 g/mol. The standard InChI is InChI=1S/C11H16ClN3O/c1-11(2,3)8-5-7-13-10(14-8)15-9(16)4-6-12/h5,7H,4,6H2,1-3H3,(H,13,14,15,16). The molecule has 1 amide bonds. The van der Waals surface area contributed by atoms with Gasteiger partial charge in [-0.05, 0) is 6.07 Å². The van der Waals surface area contributed by atoms with Gasteiger partial charge >= 0.3 is 0 Å². The van der Waals surface area contributed by atoms with Crippen LogP contribution in [0.4, 0.5) is 5.95 Å². The van der Waals surface area contributed by atoms with E-state index in [2.05, 4.69) is 36.1 Å². The molecule has 1 N–H and O–H groups in total. The number of rotatable bonds is 3. The first-order chi connectivity index (χ1) is 7.43. The monoisotopic (exact) mass is 241 g/mol. The minimum atomic E-state index is -0.166. The molecule has 88 valence electrons. The summed E-state index contributed by atoms with van der Waals surface area (Å²) in [7, 11) is 0. The molecule has 0 fully saturated rings. The highest BCUT2D eigenvalue weighted by molar-refractivity contribution is 6.19. The SMILES string of the molecule is CC(C)(C)c1ccnc(NC(=O)CCCl)n1. The number of hydrogen-bond donors (Lipinski definition) is 1. The fraction of sp³-hybridized carbons (Fsp3) is 0.545. The van der Waals surface area contributed by atoms with Gasteiger partial charge in [-0.15, -0.1) is 11.6 Å². The van der Waals surface area contributed by atoms with E-state index in [1.165, 1.54) is 0 Å². The maximum Gasteiger partial charge on any atom is 0.229 e. The molecule has 0 bridgehead atoms. The molecule has 0 aromatic carbocycles. The van der Waals surface area contributed by atoms with Crippen LogP contribution in [0, 0.1) is 0 Å². The topological polar surface area (TPSA) is 54.9 Å². The van der Waals surface area contributed by atoms with Crippen molar-refractivity contribution in [3.63, 3.8) is 0 Å². The van der Waals surface area contributed by atoms with Gasteiger partial charge in [-0.25, -0.2) is 9.97 Å². The molecule has 1 rings (SSSR count). The molecule has 0 radical (unpaired) electrons. The fourth-order valence-corrected chi connectivity index (χ4v) is 1.28. The summed E-state index contributed by atoms with van der Waals surface area (Å²) in [6.45, 7) is 6.17. The van der Waals surface area contributed by atoms with E-state index in [0.29, 0.717) is 11.8 Å². The lowest BCUT2D eigenvalue weighted by Crippen LogP contribution is -2.18. The normalized spacial score (nSPS) is 11.2. The molecule has 0 spiro atoms. The van der Waals surface area contributed by atoms with Crippen molar-refractivity contribution in [2.75, 3.05) is 11.2 Å². The van der Waals surface area contributed by atoms with Crippen LogP contribution in [0.15, 0.2) is 12.3 Å². The molecule has 0 aliphatic heterocycles. The number of carbonyl (C=O) groups is 1. The summed E-state index contributed by atoms with van der Waals surface area (Å²) < 4.78 is 0. The van der Waals surface area contributed by atoms with Crippen LogP contribution in [-0.4, -0.2) is 21.8 Å². The predicted molar refractivity (Wildman–Crippen MR) is 64.7 cm³/mol. The molecule has 1 aromatic heterocycles. The molecule has 0 aliphatic carbocycles. The van der Waals surface area contributed by atoms with Gasteiger partial charge in [0.15, 0.2) is 0 Å². The maximum absolute atomic E-state index is 11.3. The summed E-state index contributed by atoms with van der Waals surface area (Å²) >= 11 is 5.46. The molecule has 1 aromatic rings. The second kappa shape index (κ2) is 5.25. The van der Waals surface area contributed by atoms with Crippen molar-refractivity contribution in [2.45, 2.75) is 32.6 Å². The largest absolute Gasteiger partial charge is 0.294 e. The van der Waals surface area contributed by atoms with Crippen LogP contribution in [0.25, 0.3) is 0 Å². The lowest BCUT2D eigenvalue weighted by atomic mass is 9.92. The third kappa shape index (κ3) is 3.77. The Balaban J connectivity index is 2.79. The highest BCUT2D eigenvalue weighted by Gasteiger charge is 2.16. The Kier molecular flexibility index (Phi) is 4.24. The Bertz CT molecular complexity index is 374. The minimum absolute atomic E-state index is 0.0606. The third-order valence-electron chi connectivity index (χ3n) is 2.00. The quantitative estimate of drug-likeness (QED) is 0.827. The van der Waals surface area contributed by atoms with Crippen LogP contribution in [0.2, 0.25) is 0 Å². The highest BCUT2D eigenvalue weighted by Crippen LogP contribution is 2.20. The van der Waals surface area contributed by atoms with E-state index >= 15 is 0 Å². The zero-order valence-corrected chi connectivity index (χ0v) is 10.5. The molecular formula is C11H16ClN3O. The predicted octanol–water partition coefficient (Wildman–Crippen LogP) is 2.34. The molecule has 5 heteroatoms. The summed E-state index contributed by atoms with van der Waals surface area (Å²) in [5.41, 5.74) is 0.832. The average Bonchev–Trinajstić information content (AvgIpc) is 2.17. The van der Waals surface area contributed by atoms with Gasteiger partial charge in [0.05, 0.1) is 5.69 Å². The van der Waals surface area contributed by atoms with Crippen molar-refractivity contribution in [3.05, 3.63) is 18.0 Å². The summed E-state index contributed by atoms with van der Waals surface area (Å²) in [6.07, 6.45) is 1.91. The number of anilines is 1. The van der Waals surface area contributed by atoms with E-state index in [4.69, 9.17) is 11.6 Å². The Morgan fingerprint density at radius 2 is 2.19 bits per heavy atom. The van der Waals surface area contributed by atoms with Gasteiger partial charge in [0.1, 0.15) is 0 Å². The van der Waals surface area contributed by atoms with Gasteiger partial charge in [-0.3, -0.25) is 10.1 Å². The summed E-state index contributed by atoms with van der Waals surface area (Å²) in [5, 5.41) is 2.61. The second-order valence-corrected chi connectivity index (χ2v) is 4.88. The first-order valence-electron chi connectivity index (χ1n) is 5.13. The van der Waals surface area contributed by atoms with E-state index in [9.17, 15) is 4.79 Å². The number of hydrogen-bond acceptors (Lipinski definition) is 3. The van der Waals surface area contributed by atoms with Crippen molar-refractivity contribution in [1.82, 2.24) is 9.97 Å². The molecule has 0 saturated heterocycles. The van der Waals surface area contributed by atoms with E-state index in [1.54, 1.807) is 6.20 Å². The number of alkyl halides is 1. The third-order valence-corrected chi connectivity index (χ3v) is 2.19. The van der Waals surface area contributed by atoms with Gasteiger partial charge in [-0.1, -0.05) is 20.8 Å². The number of nitrogens with zero attached hydrogens (tertiary/aromatic N) is 2. The Morgan fingerprint density at radius 1 is 1.50 bits per heavy atom. The van der Waals surface area contributed by atoms with E-state index < -0.39 is 0 Å². The van der Waals surface area contributed by atoms with Gasteiger partial charge in [0, 0.05) is 23.9 Å². The first-order valence-corrected chi connectivity index (χ1v) is 5.66. The van der Waals surface area contributed by atoms with Gasteiger partial charge in [0.2, 0.25) is 11.9 Å². The van der Waals surface area contributed by atoms with Gasteiger partial charge < -0.3 is 0 Å².